The average Bonchev–Trinajstić information content (AvgIpc) is 2.42. The van der Waals surface area contributed by atoms with Crippen molar-refractivity contribution in [1.29, 1.82) is 0 Å². The number of carboxylic acids is 1. The number of hydrogen-bond acceptors (Lipinski definition) is 3. The summed E-state index contributed by atoms with van der Waals surface area (Å²) in [5.74, 6) is -1.25. The minimum Gasteiger partial charge on any atom is -0.480 e. The Labute approximate surface area is 119 Å². The monoisotopic (exact) mass is 287 g/mol. The zero-order valence-corrected chi connectivity index (χ0v) is 12.7. The van der Waals surface area contributed by atoms with E-state index in [1.165, 1.54) is 4.90 Å². The summed E-state index contributed by atoms with van der Waals surface area (Å²) in [6.07, 6.45) is 0.644. The van der Waals surface area contributed by atoms with E-state index in [0.29, 0.717) is 19.5 Å². The van der Waals surface area contributed by atoms with Gasteiger partial charge in [-0.15, -0.1) is 0 Å². The van der Waals surface area contributed by atoms with Crippen LogP contribution in [0.15, 0.2) is 0 Å². The third-order valence-corrected chi connectivity index (χ3v) is 3.20. The Balaban J connectivity index is 4.53. The van der Waals surface area contributed by atoms with Gasteiger partial charge in [0, 0.05) is 19.1 Å². The molecule has 3 amide bonds. The molecule has 0 saturated carbocycles. The summed E-state index contributed by atoms with van der Waals surface area (Å²) in [6, 6.07) is -0.725. The highest BCUT2D eigenvalue weighted by Gasteiger charge is 2.22. The second kappa shape index (κ2) is 9.17. The molecule has 0 aliphatic rings. The summed E-state index contributed by atoms with van der Waals surface area (Å²) in [5.41, 5.74) is 0. The summed E-state index contributed by atoms with van der Waals surface area (Å²) in [5, 5.41) is 11.3. The number of nitrogens with zero attached hydrogens (tertiary/aromatic N) is 2. The Morgan fingerprint density at radius 3 is 2.10 bits per heavy atom. The summed E-state index contributed by atoms with van der Waals surface area (Å²) in [6.45, 7) is 8.03. The van der Waals surface area contributed by atoms with E-state index in [2.05, 4.69) is 5.32 Å². The molecule has 20 heavy (non-hydrogen) atoms. The normalized spacial score (nSPS) is 11.6. The third kappa shape index (κ3) is 5.90. The van der Waals surface area contributed by atoms with E-state index < -0.39 is 12.0 Å². The van der Waals surface area contributed by atoms with Crippen LogP contribution in [0, 0.1) is 0 Å². The topological polar surface area (TPSA) is 90.0 Å². The number of rotatable bonds is 8. The molecule has 0 aliphatic heterocycles. The molecule has 0 fully saturated rings. The van der Waals surface area contributed by atoms with Crippen LogP contribution in [0.2, 0.25) is 0 Å². The Morgan fingerprint density at radius 2 is 1.70 bits per heavy atom. The lowest BCUT2D eigenvalue weighted by Gasteiger charge is -2.27. The van der Waals surface area contributed by atoms with Crippen molar-refractivity contribution in [2.45, 2.75) is 40.2 Å². The number of carbonyl (C=O) groups excluding carboxylic acids is 2. The number of aliphatic carboxylic acids is 1. The van der Waals surface area contributed by atoms with Crippen molar-refractivity contribution in [3.8, 4) is 0 Å². The first-order valence-electron chi connectivity index (χ1n) is 6.91. The van der Waals surface area contributed by atoms with Crippen LogP contribution >= 0.6 is 0 Å². The van der Waals surface area contributed by atoms with E-state index in [9.17, 15) is 14.4 Å². The van der Waals surface area contributed by atoms with Crippen LogP contribution in [0.1, 0.15) is 34.1 Å². The lowest BCUT2D eigenvalue weighted by Crippen LogP contribution is -2.50. The van der Waals surface area contributed by atoms with Crippen molar-refractivity contribution in [3.63, 3.8) is 0 Å². The molecule has 1 unspecified atom stereocenters. The maximum absolute atomic E-state index is 12.0. The van der Waals surface area contributed by atoms with Crippen molar-refractivity contribution in [2.75, 3.05) is 26.2 Å². The average molecular weight is 287 g/mol. The standard InChI is InChI=1S/C13H25N3O4/c1-5-10(4)16(9-12(18)19)13(20)14-8-11(17)15(6-2)7-3/h10H,5-9H2,1-4H3,(H,14,20)(H,18,19). The van der Waals surface area contributed by atoms with Crippen LogP contribution in [0.25, 0.3) is 0 Å². The van der Waals surface area contributed by atoms with Crippen LogP contribution in [0.3, 0.4) is 0 Å². The Morgan fingerprint density at radius 1 is 1.15 bits per heavy atom. The molecule has 0 bridgehead atoms. The highest BCUT2D eigenvalue weighted by molar-refractivity contribution is 5.85. The molecule has 0 spiro atoms. The van der Waals surface area contributed by atoms with Gasteiger partial charge in [-0.05, 0) is 27.2 Å². The Bertz CT molecular complexity index is 343. The van der Waals surface area contributed by atoms with Gasteiger partial charge in [0.15, 0.2) is 0 Å². The van der Waals surface area contributed by atoms with Crippen molar-refractivity contribution < 1.29 is 19.5 Å². The molecule has 0 aromatic carbocycles. The second-order valence-electron chi connectivity index (χ2n) is 4.50. The molecular weight excluding hydrogens is 262 g/mol. The zero-order valence-electron chi connectivity index (χ0n) is 12.7. The smallest absolute Gasteiger partial charge is 0.323 e. The van der Waals surface area contributed by atoms with Gasteiger partial charge in [0.05, 0.1) is 6.54 Å². The first-order valence-corrected chi connectivity index (χ1v) is 6.91. The van der Waals surface area contributed by atoms with E-state index in [-0.39, 0.29) is 25.0 Å². The summed E-state index contributed by atoms with van der Waals surface area (Å²) >= 11 is 0. The van der Waals surface area contributed by atoms with E-state index in [1.54, 1.807) is 11.8 Å². The lowest BCUT2D eigenvalue weighted by atomic mass is 10.2. The van der Waals surface area contributed by atoms with Crippen LogP contribution in [0.4, 0.5) is 4.79 Å². The minimum atomic E-state index is -1.07. The maximum atomic E-state index is 12.0. The van der Waals surface area contributed by atoms with E-state index in [0.717, 1.165) is 0 Å². The van der Waals surface area contributed by atoms with Gasteiger partial charge in [0.1, 0.15) is 6.54 Å². The molecule has 0 rings (SSSR count). The largest absolute Gasteiger partial charge is 0.480 e. The fourth-order valence-corrected chi connectivity index (χ4v) is 1.73. The van der Waals surface area contributed by atoms with Crippen molar-refractivity contribution >= 4 is 17.9 Å². The number of nitrogens with one attached hydrogen (secondary N) is 1. The molecular formula is C13H25N3O4. The lowest BCUT2D eigenvalue weighted by molar-refractivity contribution is -0.138. The predicted octanol–water partition coefficient (Wildman–Crippen LogP) is 0.750. The van der Waals surface area contributed by atoms with Crippen LogP contribution in [-0.2, 0) is 9.59 Å². The maximum Gasteiger partial charge on any atom is 0.323 e. The van der Waals surface area contributed by atoms with E-state index in [1.807, 2.05) is 20.8 Å². The number of carbonyl (C=O) groups is 3. The van der Waals surface area contributed by atoms with E-state index in [4.69, 9.17) is 5.11 Å². The molecule has 0 saturated heterocycles. The molecule has 0 radical (unpaired) electrons. The number of carboxylic acid groups (broad SMARTS) is 1. The summed E-state index contributed by atoms with van der Waals surface area (Å²) in [7, 11) is 0. The Hall–Kier alpha value is -1.79. The number of hydrogen-bond donors (Lipinski definition) is 2. The highest BCUT2D eigenvalue weighted by Crippen LogP contribution is 2.03. The molecule has 0 aliphatic carbocycles. The quantitative estimate of drug-likeness (QED) is 0.689. The fourth-order valence-electron chi connectivity index (χ4n) is 1.73. The first kappa shape index (κ1) is 18.2. The van der Waals surface area contributed by atoms with Crippen LogP contribution in [0.5, 0.6) is 0 Å². The number of urea groups is 1. The van der Waals surface area contributed by atoms with Crippen molar-refractivity contribution in [3.05, 3.63) is 0 Å². The predicted molar refractivity (Wildman–Crippen MR) is 75.4 cm³/mol. The molecule has 7 nitrogen and oxygen atoms in total. The van der Waals surface area contributed by atoms with Gasteiger partial charge in [-0.1, -0.05) is 6.92 Å². The fraction of sp³-hybridized carbons (Fsp3) is 0.769. The minimum absolute atomic E-state index is 0.118. The highest BCUT2D eigenvalue weighted by atomic mass is 16.4. The molecule has 0 aromatic rings. The molecule has 116 valence electrons. The summed E-state index contributed by atoms with van der Waals surface area (Å²) in [4.78, 5) is 37.3. The summed E-state index contributed by atoms with van der Waals surface area (Å²) < 4.78 is 0. The number of likely N-dealkylation sites (N-methyl/N-ethyl adjacent to an activating group) is 1. The van der Waals surface area contributed by atoms with Gasteiger partial charge in [0.25, 0.3) is 0 Å². The Kier molecular flexibility index (Phi) is 8.35. The zero-order chi connectivity index (χ0) is 15.7. The van der Waals surface area contributed by atoms with Crippen LogP contribution in [-0.4, -0.2) is 65.0 Å². The van der Waals surface area contributed by atoms with Crippen molar-refractivity contribution in [1.82, 2.24) is 15.1 Å². The molecule has 0 aromatic heterocycles. The first-order chi connectivity index (χ1) is 9.37. The SMILES string of the molecule is CCC(C)N(CC(=O)O)C(=O)NCC(=O)N(CC)CC. The van der Waals surface area contributed by atoms with Gasteiger partial charge in [-0.2, -0.15) is 0 Å². The third-order valence-electron chi connectivity index (χ3n) is 3.20. The van der Waals surface area contributed by atoms with Gasteiger partial charge in [0.2, 0.25) is 5.91 Å². The van der Waals surface area contributed by atoms with Crippen molar-refractivity contribution in [2.24, 2.45) is 0 Å². The number of amides is 3. The molecule has 7 heteroatoms. The van der Waals surface area contributed by atoms with Crippen LogP contribution < -0.4 is 5.32 Å². The molecule has 1 atom stereocenters. The van der Waals surface area contributed by atoms with Gasteiger partial charge in [-0.25, -0.2) is 4.79 Å². The molecule has 2 N–H and O–H groups in total. The van der Waals surface area contributed by atoms with E-state index >= 15 is 0 Å². The van der Waals surface area contributed by atoms with Gasteiger partial charge in [-0.3, -0.25) is 9.59 Å². The van der Waals surface area contributed by atoms with Gasteiger partial charge < -0.3 is 20.2 Å². The van der Waals surface area contributed by atoms with Gasteiger partial charge >= 0.3 is 12.0 Å². The molecule has 0 heterocycles. The second-order valence-corrected chi connectivity index (χ2v) is 4.50.